The van der Waals surface area contributed by atoms with E-state index in [0.29, 0.717) is 5.56 Å². The summed E-state index contributed by atoms with van der Waals surface area (Å²) in [6, 6.07) is 9.01. The van der Waals surface area contributed by atoms with Gasteiger partial charge in [0.25, 0.3) is 5.91 Å². The largest absolute Gasteiger partial charge is 0.326 e. The Morgan fingerprint density at radius 1 is 1.25 bits per heavy atom. The predicted molar refractivity (Wildman–Crippen MR) is 73.4 cm³/mol. The first-order chi connectivity index (χ1) is 9.52. The number of hydrogen-bond donors (Lipinski definition) is 2. The van der Waals surface area contributed by atoms with Crippen LogP contribution in [0.25, 0.3) is 0 Å². The minimum absolute atomic E-state index is 0.261. The Balaban J connectivity index is 2.30. The lowest BCUT2D eigenvalue weighted by atomic mass is 10.1. The second-order valence-electron chi connectivity index (χ2n) is 4.41. The van der Waals surface area contributed by atoms with Gasteiger partial charge in [0.1, 0.15) is 11.5 Å². The van der Waals surface area contributed by atoms with Gasteiger partial charge in [-0.1, -0.05) is 18.2 Å². The Hall–Kier alpha value is -2.27. The zero-order chi connectivity index (χ0) is 14.7. The highest BCUT2D eigenvalue weighted by atomic mass is 19.1. The van der Waals surface area contributed by atoms with Crippen LogP contribution < -0.4 is 11.1 Å². The average molecular weight is 276 g/mol. The number of anilines is 1. The molecule has 2 rings (SSSR count). The minimum atomic E-state index is -0.809. The molecule has 0 spiro atoms. The van der Waals surface area contributed by atoms with Gasteiger partial charge in [0, 0.05) is 12.1 Å². The van der Waals surface area contributed by atoms with E-state index in [-0.39, 0.29) is 12.1 Å². The number of halogens is 2. The molecule has 3 nitrogen and oxygen atoms in total. The Kier molecular flexibility index (Phi) is 4.10. The van der Waals surface area contributed by atoms with Gasteiger partial charge in [0.05, 0.1) is 0 Å². The van der Waals surface area contributed by atoms with E-state index < -0.39 is 23.2 Å². The molecule has 2 aromatic rings. The summed E-state index contributed by atoms with van der Waals surface area (Å²) < 4.78 is 27.4. The van der Waals surface area contributed by atoms with Gasteiger partial charge in [0.2, 0.25) is 0 Å². The monoisotopic (exact) mass is 276 g/mol. The van der Waals surface area contributed by atoms with Crippen molar-refractivity contribution < 1.29 is 13.6 Å². The maximum atomic E-state index is 13.8. The topological polar surface area (TPSA) is 55.1 Å². The molecule has 0 fully saturated rings. The van der Waals surface area contributed by atoms with Gasteiger partial charge in [-0.05, 0) is 36.2 Å². The van der Waals surface area contributed by atoms with E-state index in [1.165, 1.54) is 13.0 Å². The van der Waals surface area contributed by atoms with Gasteiger partial charge in [-0.15, -0.1) is 0 Å². The van der Waals surface area contributed by atoms with Crippen molar-refractivity contribution in [3.63, 3.8) is 0 Å². The molecule has 2 aromatic carbocycles. The van der Waals surface area contributed by atoms with Crippen LogP contribution in [0.4, 0.5) is 14.5 Å². The number of nitrogens with one attached hydrogen (secondary N) is 1. The number of rotatable bonds is 3. The molecule has 0 saturated heterocycles. The molecule has 0 aromatic heterocycles. The number of benzene rings is 2. The van der Waals surface area contributed by atoms with Crippen molar-refractivity contribution in [1.82, 2.24) is 0 Å². The van der Waals surface area contributed by atoms with Crippen LogP contribution >= 0.6 is 0 Å². The van der Waals surface area contributed by atoms with Gasteiger partial charge >= 0.3 is 0 Å². The van der Waals surface area contributed by atoms with Crippen LogP contribution in [-0.2, 0) is 6.54 Å². The van der Waals surface area contributed by atoms with Gasteiger partial charge in [-0.3, -0.25) is 4.79 Å². The Bertz CT molecular complexity index is 656. The summed E-state index contributed by atoms with van der Waals surface area (Å²) >= 11 is 0. The van der Waals surface area contributed by atoms with Crippen LogP contribution in [0.2, 0.25) is 0 Å². The molecule has 0 aliphatic rings. The fourth-order valence-electron chi connectivity index (χ4n) is 1.80. The molecule has 104 valence electrons. The van der Waals surface area contributed by atoms with E-state index in [0.717, 1.165) is 11.6 Å². The molecule has 0 unspecified atom stereocenters. The Morgan fingerprint density at radius 3 is 2.70 bits per heavy atom. The zero-order valence-corrected chi connectivity index (χ0v) is 10.9. The summed E-state index contributed by atoms with van der Waals surface area (Å²) in [5.74, 6) is -2.16. The standard InChI is InChI=1S/C15H14F2N2O/c1-9-5-6-12(16)14(13(9)17)19-15(20)11-4-2-3-10(7-11)8-18/h2-7H,8,18H2,1H3,(H,19,20). The van der Waals surface area contributed by atoms with Crippen molar-refractivity contribution in [3.8, 4) is 0 Å². The van der Waals surface area contributed by atoms with E-state index in [2.05, 4.69) is 5.32 Å². The third-order valence-corrected chi connectivity index (χ3v) is 2.95. The summed E-state index contributed by atoms with van der Waals surface area (Å²) in [5.41, 5.74) is 6.38. The first-order valence-corrected chi connectivity index (χ1v) is 6.08. The van der Waals surface area contributed by atoms with Crippen LogP contribution in [0.1, 0.15) is 21.5 Å². The molecule has 0 aliphatic heterocycles. The van der Waals surface area contributed by atoms with Crippen molar-refractivity contribution >= 4 is 11.6 Å². The molecule has 0 radical (unpaired) electrons. The quantitative estimate of drug-likeness (QED) is 0.905. The molecule has 1 amide bonds. The van der Waals surface area contributed by atoms with Crippen LogP contribution in [0.3, 0.4) is 0 Å². The van der Waals surface area contributed by atoms with E-state index >= 15 is 0 Å². The molecule has 20 heavy (non-hydrogen) atoms. The number of amides is 1. The van der Waals surface area contributed by atoms with Crippen molar-refractivity contribution in [1.29, 1.82) is 0 Å². The summed E-state index contributed by atoms with van der Waals surface area (Å²) in [6.07, 6.45) is 0. The Labute approximate surface area is 115 Å². The number of carbonyl (C=O) groups excluding carboxylic acids is 1. The van der Waals surface area contributed by atoms with E-state index in [1.807, 2.05) is 0 Å². The second-order valence-corrected chi connectivity index (χ2v) is 4.41. The molecular weight excluding hydrogens is 262 g/mol. The highest BCUT2D eigenvalue weighted by molar-refractivity contribution is 6.04. The van der Waals surface area contributed by atoms with Crippen molar-refractivity contribution in [2.24, 2.45) is 5.73 Å². The molecule has 0 aliphatic carbocycles. The van der Waals surface area contributed by atoms with Crippen molar-refractivity contribution in [3.05, 3.63) is 64.7 Å². The van der Waals surface area contributed by atoms with Crippen LogP contribution in [0.15, 0.2) is 36.4 Å². The third-order valence-electron chi connectivity index (χ3n) is 2.95. The van der Waals surface area contributed by atoms with Gasteiger partial charge in [-0.2, -0.15) is 0 Å². The minimum Gasteiger partial charge on any atom is -0.326 e. The summed E-state index contributed by atoms with van der Waals surface area (Å²) in [4.78, 5) is 12.0. The van der Waals surface area contributed by atoms with E-state index in [9.17, 15) is 13.6 Å². The first-order valence-electron chi connectivity index (χ1n) is 6.08. The number of hydrogen-bond acceptors (Lipinski definition) is 2. The van der Waals surface area contributed by atoms with Crippen molar-refractivity contribution in [2.45, 2.75) is 13.5 Å². The van der Waals surface area contributed by atoms with Gasteiger partial charge in [0.15, 0.2) is 5.82 Å². The smallest absolute Gasteiger partial charge is 0.255 e. The zero-order valence-electron chi connectivity index (χ0n) is 10.9. The lowest BCUT2D eigenvalue weighted by molar-refractivity contribution is 0.102. The molecule has 0 heterocycles. The number of nitrogens with two attached hydrogens (primary N) is 1. The highest BCUT2D eigenvalue weighted by Gasteiger charge is 2.15. The molecule has 3 N–H and O–H groups in total. The summed E-state index contributed by atoms with van der Waals surface area (Å²) in [5, 5.41) is 2.26. The lowest BCUT2D eigenvalue weighted by Gasteiger charge is -2.10. The van der Waals surface area contributed by atoms with Gasteiger partial charge in [-0.25, -0.2) is 8.78 Å². The number of carbonyl (C=O) groups is 1. The molecule has 0 saturated carbocycles. The third kappa shape index (κ3) is 2.83. The Morgan fingerprint density at radius 2 is 2.00 bits per heavy atom. The highest BCUT2D eigenvalue weighted by Crippen LogP contribution is 2.22. The lowest BCUT2D eigenvalue weighted by Crippen LogP contribution is -2.15. The second kappa shape index (κ2) is 5.79. The molecule has 0 atom stereocenters. The molecular formula is C15H14F2N2O. The predicted octanol–water partition coefficient (Wildman–Crippen LogP) is 2.98. The van der Waals surface area contributed by atoms with Gasteiger partial charge < -0.3 is 11.1 Å². The fourth-order valence-corrected chi connectivity index (χ4v) is 1.80. The van der Waals surface area contributed by atoms with Crippen LogP contribution in [-0.4, -0.2) is 5.91 Å². The average Bonchev–Trinajstić information content (AvgIpc) is 2.47. The first kappa shape index (κ1) is 14.1. The summed E-state index contributed by atoms with van der Waals surface area (Å²) in [7, 11) is 0. The van der Waals surface area contributed by atoms with Crippen LogP contribution in [0, 0.1) is 18.6 Å². The normalized spacial score (nSPS) is 10.4. The SMILES string of the molecule is Cc1ccc(F)c(NC(=O)c2cccc(CN)c2)c1F. The summed E-state index contributed by atoms with van der Waals surface area (Å²) in [6.45, 7) is 1.79. The number of aryl methyl sites for hydroxylation is 1. The maximum Gasteiger partial charge on any atom is 0.255 e. The molecule has 5 heteroatoms. The van der Waals surface area contributed by atoms with Crippen molar-refractivity contribution in [2.75, 3.05) is 5.32 Å². The fraction of sp³-hybridized carbons (Fsp3) is 0.133. The van der Waals surface area contributed by atoms with E-state index in [4.69, 9.17) is 5.73 Å². The van der Waals surface area contributed by atoms with Crippen LogP contribution in [0.5, 0.6) is 0 Å². The molecule has 0 bridgehead atoms. The van der Waals surface area contributed by atoms with E-state index in [1.54, 1.807) is 24.3 Å². The maximum absolute atomic E-state index is 13.8.